The lowest BCUT2D eigenvalue weighted by Gasteiger charge is -2.36. The van der Waals surface area contributed by atoms with Crippen LogP contribution >= 0.6 is 12.4 Å². The number of likely N-dealkylation sites (tertiary alicyclic amines) is 1. The maximum atomic E-state index is 14.5. The van der Waals surface area contributed by atoms with Gasteiger partial charge in [-0.25, -0.2) is 4.39 Å². The molecule has 2 heterocycles. The van der Waals surface area contributed by atoms with Gasteiger partial charge < -0.3 is 25.2 Å². The zero-order valence-electron chi connectivity index (χ0n) is 17.3. The molecule has 0 spiro atoms. The first kappa shape index (κ1) is 23.5. The molecule has 2 aromatic carbocycles. The second kappa shape index (κ2) is 9.96. The molecule has 0 saturated carbocycles. The van der Waals surface area contributed by atoms with Crippen LogP contribution in [0.15, 0.2) is 42.5 Å². The highest BCUT2D eigenvalue weighted by Crippen LogP contribution is 2.41. The summed E-state index contributed by atoms with van der Waals surface area (Å²) < 4.78 is 25.9. The van der Waals surface area contributed by atoms with Gasteiger partial charge in [-0.05, 0) is 61.2 Å². The number of aliphatic hydroxyl groups excluding tert-OH is 1. The molecule has 4 rings (SSSR count). The Morgan fingerprint density at radius 1 is 1.26 bits per heavy atom. The third-order valence-corrected chi connectivity index (χ3v) is 6.18. The third-order valence-electron chi connectivity index (χ3n) is 6.18. The summed E-state index contributed by atoms with van der Waals surface area (Å²) in [6, 6.07) is 11.7. The molecule has 168 valence electrons. The van der Waals surface area contributed by atoms with Gasteiger partial charge in [0.15, 0.2) is 0 Å². The molecule has 2 fully saturated rings. The van der Waals surface area contributed by atoms with Crippen molar-refractivity contribution in [1.29, 1.82) is 0 Å². The van der Waals surface area contributed by atoms with E-state index in [0.717, 1.165) is 18.4 Å². The first-order chi connectivity index (χ1) is 14.5. The molecule has 2 aliphatic rings. The van der Waals surface area contributed by atoms with Gasteiger partial charge in [0.25, 0.3) is 5.91 Å². The van der Waals surface area contributed by atoms with Crippen molar-refractivity contribution in [1.82, 2.24) is 4.90 Å². The first-order valence-corrected chi connectivity index (χ1v) is 10.3. The molecule has 2 atom stereocenters. The van der Waals surface area contributed by atoms with Crippen molar-refractivity contribution in [3.8, 4) is 11.5 Å². The lowest BCUT2D eigenvalue weighted by Crippen LogP contribution is -2.43. The van der Waals surface area contributed by atoms with Crippen molar-refractivity contribution in [2.75, 3.05) is 39.5 Å². The van der Waals surface area contributed by atoms with E-state index in [9.17, 15) is 14.3 Å². The summed E-state index contributed by atoms with van der Waals surface area (Å²) in [7, 11) is 0. The Morgan fingerprint density at radius 3 is 2.68 bits per heavy atom. The van der Waals surface area contributed by atoms with Gasteiger partial charge in [-0.2, -0.15) is 0 Å². The standard InChI is InChI=1S/C23H27FN2O4.ClH/c24-21-6-5-19(30-18-3-1-16(2-4-18)7-9-25)11-20(21)22(28)26-12-17-8-10-29-15-23(17,13-26)14-27;/h1-6,11,17,27H,7-10,12-15,25H2;1H/t17-,23+;/m0./s1. The maximum Gasteiger partial charge on any atom is 0.256 e. The van der Waals surface area contributed by atoms with Gasteiger partial charge in [-0.1, -0.05) is 12.1 Å². The van der Waals surface area contributed by atoms with Crippen LogP contribution in [0.5, 0.6) is 11.5 Å². The number of halogens is 2. The second-order valence-electron chi connectivity index (χ2n) is 8.17. The second-order valence-corrected chi connectivity index (χ2v) is 8.17. The van der Waals surface area contributed by atoms with Crippen LogP contribution in [-0.4, -0.2) is 55.4 Å². The van der Waals surface area contributed by atoms with Gasteiger partial charge in [0.2, 0.25) is 0 Å². The number of rotatable bonds is 6. The van der Waals surface area contributed by atoms with Crippen LogP contribution in [0.2, 0.25) is 0 Å². The van der Waals surface area contributed by atoms with Gasteiger partial charge >= 0.3 is 0 Å². The summed E-state index contributed by atoms with van der Waals surface area (Å²) in [5, 5.41) is 9.92. The summed E-state index contributed by atoms with van der Waals surface area (Å²) in [5.74, 6) is 0.176. The Labute approximate surface area is 187 Å². The van der Waals surface area contributed by atoms with Gasteiger partial charge in [0.1, 0.15) is 17.3 Å². The molecule has 0 radical (unpaired) electrons. The van der Waals surface area contributed by atoms with Gasteiger partial charge in [-0.3, -0.25) is 4.79 Å². The highest BCUT2D eigenvalue weighted by Gasteiger charge is 2.49. The number of benzene rings is 2. The number of aliphatic hydroxyl groups is 1. The van der Waals surface area contributed by atoms with Crippen LogP contribution in [0, 0.1) is 17.2 Å². The van der Waals surface area contributed by atoms with Crippen molar-refractivity contribution in [3.05, 3.63) is 59.4 Å². The Bertz CT molecular complexity index is 911. The number of nitrogens with two attached hydrogens (primary N) is 1. The topological polar surface area (TPSA) is 85.0 Å². The fraction of sp³-hybridized carbons (Fsp3) is 0.435. The monoisotopic (exact) mass is 450 g/mol. The quantitative estimate of drug-likeness (QED) is 0.706. The molecule has 6 nitrogen and oxygen atoms in total. The number of hydrogen-bond donors (Lipinski definition) is 2. The average molecular weight is 451 g/mol. The van der Waals surface area contributed by atoms with Crippen molar-refractivity contribution in [2.45, 2.75) is 12.8 Å². The molecule has 2 aliphatic heterocycles. The van der Waals surface area contributed by atoms with Gasteiger partial charge in [-0.15, -0.1) is 12.4 Å². The molecule has 1 amide bonds. The van der Waals surface area contributed by atoms with Crippen LogP contribution in [-0.2, 0) is 11.2 Å². The van der Waals surface area contributed by atoms with Crippen LogP contribution in [0.4, 0.5) is 4.39 Å². The lowest BCUT2D eigenvalue weighted by molar-refractivity contribution is -0.0557. The van der Waals surface area contributed by atoms with E-state index in [-0.39, 0.29) is 30.5 Å². The smallest absolute Gasteiger partial charge is 0.256 e. The molecule has 2 saturated heterocycles. The van der Waals surface area contributed by atoms with E-state index in [2.05, 4.69) is 0 Å². The minimum absolute atomic E-state index is 0. The summed E-state index contributed by atoms with van der Waals surface area (Å²) in [5.41, 5.74) is 6.19. The molecule has 8 heteroatoms. The molecular weight excluding hydrogens is 423 g/mol. The number of hydrogen-bond acceptors (Lipinski definition) is 5. The van der Waals surface area contributed by atoms with E-state index in [0.29, 0.717) is 44.3 Å². The minimum atomic E-state index is -0.588. The average Bonchev–Trinajstić information content (AvgIpc) is 3.16. The molecule has 0 aromatic heterocycles. The number of nitrogens with zero attached hydrogens (tertiary/aromatic N) is 1. The number of ether oxygens (including phenoxy) is 2. The molecule has 0 unspecified atom stereocenters. The van der Waals surface area contributed by atoms with E-state index in [1.165, 1.54) is 18.2 Å². The Hall–Kier alpha value is -2.19. The highest BCUT2D eigenvalue weighted by atomic mass is 35.5. The summed E-state index contributed by atoms with van der Waals surface area (Å²) in [4.78, 5) is 14.7. The summed E-state index contributed by atoms with van der Waals surface area (Å²) >= 11 is 0. The van der Waals surface area contributed by atoms with E-state index < -0.39 is 17.1 Å². The van der Waals surface area contributed by atoms with Gasteiger partial charge in [0, 0.05) is 25.1 Å². The van der Waals surface area contributed by atoms with Crippen LogP contribution < -0.4 is 10.5 Å². The molecule has 31 heavy (non-hydrogen) atoms. The van der Waals surface area contributed by atoms with E-state index in [1.807, 2.05) is 24.3 Å². The number of carbonyl (C=O) groups excluding carboxylic acids is 1. The Kier molecular flexibility index (Phi) is 7.54. The number of carbonyl (C=O) groups is 1. The Balaban J connectivity index is 0.00000272. The number of amides is 1. The SMILES string of the molecule is Cl.NCCc1ccc(Oc2ccc(F)c(C(=O)N3C[C@@H]4CCOC[C@]4(CO)C3)c2)cc1. The van der Waals surface area contributed by atoms with Crippen molar-refractivity contribution < 1.29 is 23.8 Å². The van der Waals surface area contributed by atoms with Crippen molar-refractivity contribution in [2.24, 2.45) is 17.1 Å². The maximum absolute atomic E-state index is 14.5. The van der Waals surface area contributed by atoms with Crippen LogP contribution in [0.1, 0.15) is 22.3 Å². The molecule has 3 N–H and O–H groups in total. The molecule has 0 bridgehead atoms. The minimum Gasteiger partial charge on any atom is -0.457 e. The van der Waals surface area contributed by atoms with E-state index in [1.54, 1.807) is 4.90 Å². The predicted molar refractivity (Wildman–Crippen MR) is 117 cm³/mol. The fourth-order valence-corrected chi connectivity index (χ4v) is 4.40. The fourth-order valence-electron chi connectivity index (χ4n) is 4.40. The zero-order chi connectivity index (χ0) is 21.1. The third kappa shape index (κ3) is 4.85. The Morgan fingerprint density at radius 2 is 2.00 bits per heavy atom. The van der Waals surface area contributed by atoms with Crippen molar-refractivity contribution in [3.63, 3.8) is 0 Å². The zero-order valence-corrected chi connectivity index (χ0v) is 18.1. The molecular formula is C23H28ClFN2O4. The summed E-state index contributed by atoms with van der Waals surface area (Å²) in [6.07, 6.45) is 1.57. The normalized spacial score (nSPS) is 22.5. The molecule has 2 aromatic rings. The van der Waals surface area contributed by atoms with Crippen LogP contribution in [0.25, 0.3) is 0 Å². The highest BCUT2D eigenvalue weighted by molar-refractivity contribution is 5.95. The summed E-state index contributed by atoms with van der Waals surface area (Å²) in [6.45, 7) is 2.42. The van der Waals surface area contributed by atoms with E-state index >= 15 is 0 Å². The van der Waals surface area contributed by atoms with Gasteiger partial charge in [0.05, 0.1) is 18.8 Å². The lowest BCUT2D eigenvalue weighted by atomic mass is 9.76. The molecule has 0 aliphatic carbocycles. The first-order valence-electron chi connectivity index (χ1n) is 10.3. The van der Waals surface area contributed by atoms with E-state index in [4.69, 9.17) is 15.2 Å². The van der Waals surface area contributed by atoms with Crippen LogP contribution in [0.3, 0.4) is 0 Å². The van der Waals surface area contributed by atoms with Crippen molar-refractivity contribution >= 4 is 18.3 Å². The largest absolute Gasteiger partial charge is 0.457 e. The number of fused-ring (bicyclic) bond motifs is 1. The predicted octanol–water partition coefficient (Wildman–Crippen LogP) is 3.01.